The fraction of sp³-hybridized carbons (Fsp3) is 0.222. The fourth-order valence-electron chi connectivity index (χ4n) is 2.06. The van der Waals surface area contributed by atoms with E-state index in [1.54, 1.807) is 18.2 Å². The van der Waals surface area contributed by atoms with E-state index in [9.17, 15) is 9.59 Å². The molecule has 0 unspecified atom stereocenters. The van der Waals surface area contributed by atoms with Crippen LogP contribution >= 0.6 is 11.6 Å². The zero-order valence-electron chi connectivity index (χ0n) is 12.9. The van der Waals surface area contributed by atoms with Gasteiger partial charge in [-0.15, -0.1) is 11.6 Å². The Morgan fingerprint density at radius 2 is 1.65 bits per heavy atom. The molecular formula is C18H19ClN2O2. The van der Waals surface area contributed by atoms with Crippen LogP contribution in [0.3, 0.4) is 0 Å². The van der Waals surface area contributed by atoms with Gasteiger partial charge < -0.3 is 10.6 Å². The minimum absolute atomic E-state index is 0.0727. The molecule has 2 rings (SSSR count). The lowest BCUT2D eigenvalue weighted by Crippen LogP contribution is -2.25. The molecule has 2 N–H and O–H groups in total. The van der Waals surface area contributed by atoms with E-state index in [1.165, 1.54) is 5.56 Å². The predicted octanol–water partition coefficient (Wildman–Crippen LogP) is 2.78. The van der Waals surface area contributed by atoms with Crippen molar-refractivity contribution in [1.82, 2.24) is 10.6 Å². The molecule has 23 heavy (non-hydrogen) atoms. The van der Waals surface area contributed by atoms with Crippen molar-refractivity contribution in [2.45, 2.75) is 20.0 Å². The molecule has 0 bridgehead atoms. The van der Waals surface area contributed by atoms with Gasteiger partial charge in [0.05, 0.1) is 0 Å². The zero-order valence-corrected chi connectivity index (χ0v) is 13.7. The SMILES string of the molecule is Cc1ccc(CNC(=O)c2cccc(CNC(=O)CCl)c2)cc1. The van der Waals surface area contributed by atoms with Crippen molar-refractivity contribution >= 4 is 23.4 Å². The molecule has 0 atom stereocenters. The van der Waals surface area contributed by atoms with E-state index in [0.29, 0.717) is 18.7 Å². The van der Waals surface area contributed by atoms with Gasteiger partial charge >= 0.3 is 0 Å². The highest BCUT2D eigenvalue weighted by atomic mass is 35.5. The first kappa shape index (κ1) is 17.0. The molecule has 2 aromatic rings. The first-order valence-electron chi connectivity index (χ1n) is 7.34. The van der Waals surface area contributed by atoms with Gasteiger partial charge in [-0.3, -0.25) is 9.59 Å². The third kappa shape index (κ3) is 5.42. The number of amides is 2. The van der Waals surface area contributed by atoms with Crippen molar-refractivity contribution in [2.24, 2.45) is 0 Å². The summed E-state index contributed by atoms with van der Waals surface area (Å²) in [5.74, 6) is -0.450. The van der Waals surface area contributed by atoms with Crippen molar-refractivity contribution in [1.29, 1.82) is 0 Å². The van der Waals surface area contributed by atoms with Crippen LogP contribution in [0.25, 0.3) is 0 Å². The average Bonchev–Trinajstić information content (AvgIpc) is 2.59. The lowest BCUT2D eigenvalue weighted by molar-refractivity contribution is -0.118. The average molecular weight is 331 g/mol. The Kier molecular flexibility index (Phi) is 6.18. The normalized spacial score (nSPS) is 10.2. The van der Waals surface area contributed by atoms with Crippen LogP contribution in [0.1, 0.15) is 27.0 Å². The molecule has 120 valence electrons. The molecule has 2 amide bonds. The third-order valence-electron chi connectivity index (χ3n) is 3.37. The lowest BCUT2D eigenvalue weighted by Gasteiger charge is -2.08. The van der Waals surface area contributed by atoms with Crippen molar-refractivity contribution in [2.75, 3.05) is 5.88 Å². The minimum atomic E-state index is -0.235. The Labute approximate surface area is 140 Å². The molecule has 2 aromatic carbocycles. The van der Waals surface area contributed by atoms with Crippen molar-refractivity contribution in [3.05, 3.63) is 70.8 Å². The Bertz CT molecular complexity index is 684. The van der Waals surface area contributed by atoms with Crippen LogP contribution in [0.4, 0.5) is 0 Å². The van der Waals surface area contributed by atoms with E-state index < -0.39 is 0 Å². The molecule has 0 aliphatic carbocycles. The molecule has 5 heteroatoms. The van der Waals surface area contributed by atoms with Crippen LogP contribution in [-0.4, -0.2) is 17.7 Å². The van der Waals surface area contributed by atoms with Crippen LogP contribution in [0, 0.1) is 6.92 Å². The van der Waals surface area contributed by atoms with Crippen LogP contribution in [0.2, 0.25) is 0 Å². The number of hydrogen-bond acceptors (Lipinski definition) is 2. The highest BCUT2D eigenvalue weighted by Crippen LogP contribution is 2.07. The summed E-state index contributed by atoms with van der Waals surface area (Å²) < 4.78 is 0. The fourth-order valence-corrected chi connectivity index (χ4v) is 2.16. The second-order valence-electron chi connectivity index (χ2n) is 5.28. The van der Waals surface area contributed by atoms with Gasteiger partial charge in [0.2, 0.25) is 5.91 Å². The number of halogens is 1. The topological polar surface area (TPSA) is 58.2 Å². The Morgan fingerprint density at radius 3 is 2.35 bits per heavy atom. The molecule has 0 saturated carbocycles. The molecule has 0 fully saturated rings. The van der Waals surface area contributed by atoms with E-state index in [0.717, 1.165) is 11.1 Å². The van der Waals surface area contributed by atoms with Crippen molar-refractivity contribution < 1.29 is 9.59 Å². The van der Waals surface area contributed by atoms with Crippen LogP contribution < -0.4 is 10.6 Å². The first-order valence-corrected chi connectivity index (χ1v) is 7.87. The summed E-state index contributed by atoms with van der Waals surface area (Å²) >= 11 is 5.43. The highest BCUT2D eigenvalue weighted by molar-refractivity contribution is 6.27. The Morgan fingerprint density at radius 1 is 0.957 bits per heavy atom. The summed E-state index contributed by atoms with van der Waals surface area (Å²) in [5.41, 5.74) is 3.66. The van der Waals surface area contributed by atoms with Crippen LogP contribution in [-0.2, 0) is 17.9 Å². The number of alkyl halides is 1. The minimum Gasteiger partial charge on any atom is -0.351 e. The van der Waals surface area contributed by atoms with Gasteiger partial charge in [0.1, 0.15) is 5.88 Å². The molecule has 4 nitrogen and oxygen atoms in total. The number of carbonyl (C=O) groups is 2. The van der Waals surface area contributed by atoms with Gasteiger partial charge in [-0.2, -0.15) is 0 Å². The molecule has 0 radical (unpaired) electrons. The van der Waals surface area contributed by atoms with Gasteiger partial charge in [-0.25, -0.2) is 0 Å². The molecule has 0 spiro atoms. The smallest absolute Gasteiger partial charge is 0.251 e. The maximum absolute atomic E-state index is 12.2. The monoisotopic (exact) mass is 330 g/mol. The Balaban J connectivity index is 1.93. The number of hydrogen-bond donors (Lipinski definition) is 2. The highest BCUT2D eigenvalue weighted by Gasteiger charge is 2.07. The number of rotatable bonds is 6. The summed E-state index contributed by atoms with van der Waals surface area (Å²) in [6.07, 6.45) is 0. The van der Waals surface area contributed by atoms with Crippen molar-refractivity contribution in [3.8, 4) is 0 Å². The molecular weight excluding hydrogens is 312 g/mol. The van der Waals surface area contributed by atoms with Gasteiger partial charge in [0.15, 0.2) is 0 Å². The molecule has 0 aliphatic heterocycles. The summed E-state index contributed by atoms with van der Waals surface area (Å²) in [6, 6.07) is 15.2. The van der Waals surface area contributed by atoms with Crippen molar-refractivity contribution in [3.63, 3.8) is 0 Å². The maximum atomic E-state index is 12.2. The summed E-state index contributed by atoms with van der Waals surface area (Å²) in [4.78, 5) is 23.4. The van der Waals surface area contributed by atoms with Crippen LogP contribution in [0.5, 0.6) is 0 Å². The standard InChI is InChI=1S/C18H19ClN2O2/c1-13-5-7-14(8-6-13)11-21-18(23)16-4-2-3-15(9-16)12-20-17(22)10-19/h2-9H,10-12H2,1H3,(H,20,22)(H,21,23). The van der Waals surface area contributed by atoms with Crippen LogP contribution in [0.15, 0.2) is 48.5 Å². The van der Waals surface area contributed by atoms with E-state index in [4.69, 9.17) is 11.6 Å². The van der Waals surface area contributed by atoms with Gasteiger partial charge in [0, 0.05) is 18.7 Å². The van der Waals surface area contributed by atoms with E-state index in [1.807, 2.05) is 37.3 Å². The molecule has 0 aliphatic rings. The maximum Gasteiger partial charge on any atom is 0.251 e. The first-order chi connectivity index (χ1) is 11.1. The van der Waals surface area contributed by atoms with Gasteiger partial charge in [0.25, 0.3) is 5.91 Å². The number of benzene rings is 2. The number of carbonyl (C=O) groups excluding carboxylic acids is 2. The quantitative estimate of drug-likeness (QED) is 0.800. The van der Waals surface area contributed by atoms with E-state index >= 15 is 0 Å². The second kappa shape index (κ2) is 8.34. The largest absolute Gasteiger partial charge is 0.351 e. The van der Waals surface area contributed by atoms with Gasteiger partial charge in [-0.05, 0) is 30.2 Å². The summed E-state index contributed by atoms with van der Waals surface area (Å²) in [6.45, 7) is 2.85. The molecule has 0 saturated heterocycles. The zero-order chi connectivity index (χ0) is 16.7. The Hall–Kier alpha value is -2.33. The lowest BCUT2D eigenvalue weighted by atomic mass is 10.1. The van der Waals surface area contributed by atoms with E-state index in [2.05, 4.69) is 10.6 Å². The summed E-state index contributed by atoms with van der Waals surface area (Å²) in [7, 11) is 0. The molecule has 0 aromatic heterocycles. The van der Waals surface area contributed by atoms with E-state index in [-0.39, 0.29) is 17.7 Å². The number of nitrogens with one attached hydrogen (secondary N) is 2. The summed E-state index contributed by atoms with van der Waals surface area (Å²) in [5, 5.41) is 5.57. The predicted molar refractivity (Wildman–Crippen MR) is 91.4 cm³/mol. The van der Waals surface area contributed by atoms with Gasteiger partial charge in [-0.1, -0.05) is 42.0 Å². The number of aryl methyl sites for hydroxylation is 1. The second-order valence-corrected chi connectivity index (χ2v) is 5.55. The third-order valence-corrected chi connectivity index (χ3v) is 3.62. The molecule has 0 heterocycles.